The van der Waals surface area contributed by atoms with Crippen LogP contribution in [0.5, 0.6) is 0 Å². The van der Waals surface area contributed by atoms with Gasteiger partial charge in [-0.2, -0.15) is 0 Å². The first kappa shape index (κ1) is 20.1. The first-order valence-electron chi connectivity index (χ1n) is 9.41. The van der Waals surface area contributed by atoms with E-state index < -0.39 is 0 Å². The third-order valence-electron chi connectivity index (χ3n) is 4.94. The fourth-order valence-electron chi connectivity index (χ4n) is 3.40. The van der Waals surface area contributed by atoms with Crippen molar-refractivity contribution in [2.24, 2.45) is 5.92 Å². The minimum absolute atomic E-state index is 0.0168. The molecule has 0 saturated carbocycles. The largest absolute Gasteiger partial charge is 0.338 e. The predicted molar refractivity (Wildman–Crippen MR) is 118 cm³/mol. The second kappa shape index (κ2) is 9.07. The van der Waals surface area contributed by atoms with Gasteiger partial charge in [-0.25, -0.2) is 4.98 Å². The number of carbonyl (C=O) groups is 2. The molecule has 4 rings (SSSR count). The third-order valence-corrected chi connectivity index (χ3v) is 6.94. The van der Waals surface area contributed by atoms with Crippen molar-refractivity contribution in [2.45, 2.75) is 19.3 Å². The maximum Gasteiger partial charge on any atom is 0.263 e. The van der Waals surface area contributed by atoms with Crippen LogP contribution >= 0.6 is 34.3 Å². The quantitative estimate of drug-likeness (QED) is 0.605. The van der Waals surface area contributed by atoms with Gasteiger partial charge in [0.2, 0.25) is 5.91 Å². The number of benzene rings is 1. The van der Waals surface area contributed by atoms with Gasteiger partial charge in [0.1, 0.15) is 0 Å². The van der Waals surface area contributed by atoms with Crippen LogP contribution in [0.1, 0.15) is 33.0 Å². The van der Waals surface area contributed by atoms with E-state index in [0.717, 1.165) is 21.7 Å². The Bertz CT molecular complexity index is 995. The first-order valence-corrected chi connectivity index (χ1v) is 11.5. The van der Waals surface area contributed by atoms with Crippen LogP contribution < -0.4 is 5.32 Å². The zero-order valence-electron chi connectivity index (χ0n) is 15.6. The van der Waals surface area contributed by atoms with Gasteiger partial charge in [0.05, 0.1) is 4.88 Å². The number of rotatable bonds is 5. The lowest BCUT2D eigenvalue weighted by atomic mass is 9.96. The Hall–Kier alpha value is -2.22. The van der Waals surface area contributed by atoms with E-state index in [4.69, 9.17) is 11.6 Å². The number of halogens is 1. The number of amides is 2. The van der Waals surface area contributed by atoms with E-state index >= 15 is 0 Å². The minimum atomic E-state index is -0.0948. The smallest absolute Gasteiger partial charge is 0.263 e. The molecule has 2 aromatic heterocycles. The Morgan fingerprint density at radius 1 is 1.21 bits per heavy atom. The van der Waals surface area contributed by atoms with Gasteiger partial charge in [-0.05, 0) is 42.0 Å². The van der Waals surface area contributed by atoms with Crippen LogP contribution in [-0.2, 0) is 11.2 Å². The lowest BCUT2D eigenvalue weighted by molar-refractivity contribution is -0.121. The number of anilines is 1. The molecular formula is C21H20ClN3O2S2. The Balaban J connectivity index is 1.29. The number of nitrogens with one attached hydrogen (secondary N) is 1. The summed E-state index contributed by atoms with van der Waals surface area (Å²) >= 11 is 8.97. The molecule has 0 bridgehead atoms. The number of aromatic nitrogens is 1. The van der Waals surface area contributed by atoms with E-state index in [2.05, 4.69) is 10.3 Å². The molecule has 2 amide bonds. The van der Waals surface area contributed by atoms with Gasteiger partial charge in [0.15, 0.2) is 5.13 Å². The van der Waals surface area contributed by atoms with Crippen molar-refractivity contribution in [3.63, 3.8) is 0 Å². The molecule has 29 heavy (non-hydrogen) atoms. The molecule has 150 valence electrons. The number of carbonyl (C=O) groups excluding carboxylic acids is 2. The molecule has 5 nitrogen and oxygen atoms in total. The van der Waals surface area contributed by atoms with Gasteiger partial charge in [-0.15, -0.1) is 22.7 Å². The van der Waals surface area contributed by atoms with Gasteiger partial charge in [0, 0.05) is 41.5 Å². The molecule has 1 aliphatic heterocycles. The molecule has 1 N–H and O–H groups in total. The molecular weight excluding hydrogens is 426 g/mol. The van der Waals surface area contributed by atoms with Crippen LogP contribution in [-0.4, -0.2) is 34.8 Å². The molecule has 1 fully saturated rings. The highest BCUT2D eigenvalue weighted by Crippen LogP contribution is 2.25. The number of hydrogen-bond acceptors (Lipinski definition) is 5. The van der Waals surface area contributed by atoms with Crippen molar-refractivity contribution in [1.29, 1.82) is 0 Å². The van der Waals surface area contributed by atoms with Crippen molar-refractivity contribution in [3.05, 3.63) is 68.3 Å². The summed E-state index contributed by atoms with van der Waals surface area (Å²) in [5.41, 5.74) is 1.11. The van der Waals surface area contributed by atoms with Gasteiger partial charge in [0.25, 0.3) is 5.91 Å². The molecule has 0 atom stereocenters. The molecule has 3 aromatic rings. The summed E-state index contributed by atoms with van der Waals surface area (Å²) in [6.07, 6.45) is 3.87. The second-order valence-electron chi connectivity index (χ2n) is 6.97. The molecule has 0 unspecified atom stereocenters. The molecule has 0 radical (unpaired) electrons. The Morgan fingerprint density at radius 2 is 2.03 bits per heavy atom. The molecule has 3 heterocycles. The fraction of sp³-hybridized carbons (Fsp3) is 0.286. The summed E-state index contributed by atoms with van der Waals surface area (Å²) < 4.78 is 0. The average Bonchev–Trinajstić information content (AvgIpc) is 3.40. The highest BCUT2D eigenvalue weighted by Gasteiger charge is 2.28. The van der Waals surface area contributed by atoms with E-state index in [1.165, 1.54) is 22.7 Å². The number of likely N-dealkylation sites (tertiary alicyclic amines) is 1. The summed E-state index contributed by atoms with van der Waals surface area (Å²) in [7, 11) is 0. The topological polar surface area (TPSA) is 62.3 Å². The maximum absolute atomic E-state index is 12.6. The molecule has 1 aromatic carbocycles. The second-order valence-corrected chi connectivity index (χ2v) is 9.47. The molecule has 0 spiro atoms. The third kappa shape index (κ3) is 5.04. The van der Waals surface area contributed by atoms with E-state index in [0.29, 0.717) is 36.1 Å². The minimum Gasteiger partial charge on any atom is -0.338 e. The van der Waals surface area contributed by atoms with Gasteiger partial charge < -0.3 is 10.2 Å². The number of hydrogen-bond donors (Lipinski definition) is 1. The summed E-state index contributed by atoms with van der Waals surface area (Å²) in [6.45, 7) is 1.21. The summed E-state index contributed by atoms with van der Waals surface area (Å²) in [4.78, 5) is 33.0. The van der Waals surface area contributed by atoms with Crippen LogP contribution in [0.15, 0.2) is 48.0 Å². The number of nitrogens with zero attached hydrogens (tertiary/aromatic N) is 2. The lowest BCUT2D eigenvalue weighted by Gasteiger charge is -2.30. The van der Waals surface area contributed by atoms with Crippen LogP contribution in [0.25, 0.3) is 0 Å². The summed E-state index contributed by atoms with van der Waals surface area (Å²) in [6, 6.07) is 11.5. The van der Waals surface area contributed by atoms with Crippen molar-refractivity contribution >= 4 is 51.2 Å². The van der Waals surface area contributed by atoms with Crippen LogP contribution in [0.4, 0.5) is 5.13 Å². The maximum atomic E-state index is 12.6. The zero-order valence-corrected chi connectivity index (χ0v) is 18.0. The number of piperidine rings is 1. The van der Waals surface area contributed by atoms with Crippen LogP contribution in [0, 0.1) is 5.92 Å². The number of thiophene rings is 1. The molecule has 1 saturated heterocycles. The van der Waals surface area contributed by atoms with Gasteiger partial charge in [-0.3, -0.25) is 9.59 Å². The Labute approximate surface area is 182 Å². The molecule has 0 aliphatic carbocycles. The average molecular weight is 446 g/mol. The molecule has 1 aliphatic rings. The zero-order chi connectivity index (χ0) is 20.2. The highest BCUT2D eigenvalue weighted by molar-refractivity contribution is 7.15. The van der Waals surface area contributed by atoms with Crippen molar-refractivity contribution in [3.8, 4) is 0 Å². The Morgan fingerprint density at radius 3 is 2.76 bits per heavy atom. The monoisotopic (exact) mass is 445 g/mol. The molecule has 8 heteroatoms. The van der Waals surface area contributed by atoms with Crippen LogP contribution in [0.3, 0.4) is 0 Å². The SMILES string of the molecule is O=C(Nc1ncc(Cc2cccc(Cl)c2)s1)C1CCN(C(=O)c2cccs2)CC1. The summed E-state index contributed by atoms with van der Waals surface area (Å²) in [5.74, 6) is -0.0519. The first-order chi connectivity index (χ1) is 14.1. The van der Waals surface area contributed by atoms with E-state index in [1.807, 2.05) is 46.7 Å². The van der Waals surface area contributed by atoms with Crippen molar-refractivity contribution in [2.75, 3.05) is 18.4 Å². The highest BCUT2D eigenvalue weighted by atomic mass is 35.5. The van der Waals surface area contributed by atoms with E-state index in [-0.39, 0.29) is 17.7 Å². The summed E-state index contributed by atoms with van der Waals surface area (Å²) in [5, 5.41) is 6.17. The Kier molecular flexibility index (Phi) is 6.28. The lowest BCUT2D eigenvalue weighted by Crippen LogP contribution is -2.41. The van der Waals surface area contributed by atoms with Gasteiger partial charge >= 0.3 is 0 Å². The van der Waals surface area contributed by atoms with E-state index in [1.54, 1.807) is 6.20 Å². The van der Waals surface area contributed by atoms with Gasteiger partial charge in [-0.1, -0.05) is 29.8 Å². The fourth-order valence-corrected chi connectivity index (χ4v) is 5.16. The van der Waals surface area contributed by atoms with Crippen molar-refractivity contribution < 1.29 is 9.59 Å². The van der Waals surface area contributed by atoms with Crippen molar-refractivity contribution in [1.82, 2.24) is 9.88 Å². The van der Waals surface area contributed by atoms with E-state index in [9.17, 15) is 9.59 Å². The van der Waals surface area contributed by atoms with Crippen LogP contribution in [0.2, 0.25) is 5.02 Å². The predicted octanol–water partition coefficient (Wildman–Crippen LogP) is 4.94. The normalized spacial score (nSPS) is 14.7. The standard InChI is InChI=1S/C21H20ClN3O2S2/c22-16-4-1-3-14(11-16)12-17-13-23-21(29-17)24-19(26)15-6-8-25(9-7-15)20(27)18-5-2-10-28-18/h1-5,10-11,13,15H,6-9,12H2,(H,23,24,26). The number of thiazole rings is 1.